The molecule has 1 heterocycles. The molecule has 1 unspecified atom stereocenters. The number of hydrogen-bond acceptors (Lipinski definition) is 3. The van der Waals surface area contributed by atoms with Gasteiger partial charge in [0.25, 0.3) is 0 Å². The molecule has 1 aliphatic rings. The standard InChI is InChI=1S/C5H9NO.C2H6.HIO/c1-4-3-7-6-5(4)2;2*1-2/h4H,3H2,1-2H3;1-2H3;2H. The quantitative estimate of drug-likeness (QED) is 0.688. The number of halogens is 1. The molecule has 0 bridgehead atoms. The Bertz CT molecular complexity index is 107. The zero-order chi connectivity index (χ0) is 9.28. The predicted octanol–water partition coefficient (Wildman–Crippen LogP) is 2.38. The molecule has 0 fully saturated rings. The van der Waals surface area contributed by atoms with Crippen LogP contribution in [0.1, 0.15) is 27.7 Å². The van der Waals surface area contributed by atoms with Crippen molar-refractivity contribution in [3.63, 3.8) is 0 Å². The van der Waals surface area contributed by atoms with E-state index in [9.17, 15) is 0 Å². The number of hydrogen-bond donors (Lipinski definition) is 1. The van der Waals surface area contributed by atoms with Crippen LogP contribution in [-0.4, -0.2) is 15.8 Å². The lowest BCUT2D eigenvalue weighted by Gasteiger charge is -1.92. The highest BCUT2D eigenvalue weighted by Gasteiger charge is 2.11. The van der Waals surface area contributed by atoms with Crippen LogP contribution in [0.4, 0.5) is 0 Å². The average Bonchev–Trinajstić information content (AvgIpc) is 2.44. The third-order valence-electron chi connectivity index (χ3n) is 1.25. The van der Waals surface area contributed by atoms with Crippen molar-refractivity contribution in [1.29, 1.82) is 0 Å². The third-order valence-corrected chi connectivity index (χ3v) is 1.25. The molecule has 0 saturated heterocycles. The van der Waals surface area contributed by atoms with Crippen molar-refractivity contribution >= 4 is 28.7 Å². The highest BCUT2D eigenvalue weighted by molar-refractivity contribution is 14.1. The molecule has 1 atom stereocenters. The lowest BCUT2D eigenvalue weighted by atomic mass is 10.1. The van der Waals surface area contributed by atoms with Crippen molar-refractivity contribution < 1.29 is 8.27 Å². The fraction of sp³-hybridized carbons (Fsp3) is 0.857. The molecule has 0 amide bonds. The second-order valence-electron chi connectivity index (χ2n) is 1.93. The summed E-state index contributed by atoms with van der Waals surface area (Å²) in [5, 5.41) is 3.73. The highest BCUT2D eigenvalue weighted by Crippen LogP contribution is 2.06. The first-order chi connectivity index (χ1) is 5.30. The molecule has 4 heteroatoms. The van der Waals surface area contributed by atoms with Crippen molar-refractivity contribution in [2.45, 2.75) is 27.7 Å². The Morgan fingerprint density at radius 1 is 1.55 bits per heavy atom. The van der Waals surface area contributed by atoms with Crippen LogP contribution in [0, 0.1) is 5.92 Å². The van der Waals surface area contributed by atoms with Gasteiger partial charge in [-0.25, -0.2) is 0 Å². The molecule has 0 saturated carbocycles. The molecule has 0 aromatic carbocycles. The van der Waals surface area contributed by atoms with Crippen LogP contribution < -0.4 is 0 Å². The van der Waals surface area contributed by atoms with Crippen LogP contribution in [0.25, 0.3) is 0 Å². The van der Waals surface area contributed by atoms with Gasteiger partial charge >= 0.3 is 0 Å². The van der Waals surface area contributed by atoms with Gasteiger partial charge in [-0.3, -0.25) is 0 Å². The summed E-state index contributed by atoms with van der Waals surface area (Å²) in [5.41, 5.74) is 1.11. The second kappa shape index (κ2) is 10.2. The van der Waals surface area contributed by atoms with E-state index < -0.39 is 0 Å². The molecule has 0 aliphatic carbocycles. The van der Waals surface area contributed by atoms with Gasteiger partial charge in [0, 0.05) is 5.92 Å². The topological polar surface area (TPSA) is 41.8 Å². The van der Waals surface area contributed by atoms with Gasteiger partial charge in [-0.2, -0.15) is 0 Å². The molecule has 1 rings (SSSR count). The molecule has 0 aromatic heterocycles. The third kappa shape index (κ3) is 6.55. The first-order valence-electron chi connectivity index (χ1n) is 3.64. The lowest BCUT2D eigenvalue weighted by Crippen LogP contribution is -2.02. The first-order valence-corrected chi connectivity index (χ1v) is 4.60. The summed E-state index contributed by atoms with van der Waals surface area (Å²) in [6.45, 7) is 8.86. The first kappa shape index (κ1) is 13.7. The van der Waals surface area contributed by atoms with Crippen LogP contribution in [0.3, 0.4) is 0 Å². The van der Waals surface area contributed by atoms with Gasteiger partial charge < -0.3 is 8.27 Å². The smallest absolute Gasteiger partial charge is 0.125 e. The monoisotopic (exact) mass is 273 g/mol. The minimum Gasteiger partial charge on any atom is -0.395 e. The van der Waals surface area contributed by atoms with Crippen molar-refractivity contribution in [2.75, 3.05) is 6.61 Å². The Balaban J connectivity index is 0. The maximum atomic E-state index is 6.97. The molecule has 0 spiro atoms. The fourth-order valence-corrected chi connectivity index (χ4v) is 0.461. The minimum absolute atomic E-state index is 0.542. The predicted molar refractivity (Wildman–Crippen MR) is 55.8 cm³/mol. The van der Waals surface area contributed by atoms with Crippen LogP contribution in [0.5, 0.6) is 0 Å². The fourth-order valence-electron chi connectivity index (χ4n) is 0.461. The van der Waals surface area contributed by atoms with Gasteiger partial charge in [-0.05, 0) is 6.92 Å². The maximum Gasteiger partial charge on any atom is 0.125 e. The van der Waals surface area contributed by atoms with Crippen molar-refractivity contribution in [3.05, 3.63) is 0 Å². The van der Waals surface area contributed by atoms with E-state index in [0.29, 0.717) is 5.92 Å². The lowest BCUT2D eigenvalue weighted by molar-refractivity contribution is 0.158. The Hall–Kier alpha value is 0.160. The minimum atomic E-state index is 0.542. The van der Waals surface area contributed by atoms with Crippen LogP contribution in [0.15, 0.2) is 5.16 Å². The van der Waals surface area contributed by atoms with E-state index in [-0.39, 0.29) is 0 Å². The summed E-state index contributed by atoms with van der Waals surface area (Å²) in [6.07, 6.45) is 0. The zero-order valence-electron chi connectivity index (χ0n) is 7.47. The average molecular weight is 273 g/mol. The summed E-state index contributed by atoms with van der Waals surface area (Å²) in [5.74, 6) is 0.542. The molecular weight excluding hydrogens is 257 g/mol. The summed E-state index contributed by atoms with van der Waals surface area (Å²) in [4.78, 5) is 4.76. The second-order valence-corrected chi connectivity index (χ2v) is 1.93. The maximum absolute atomic E-state index is 6.97. The van der Waals surface area contributed by atoms with Crippen molar-refractivity contribution in [2.24, 2.45) is 11.1 Å². The van der Waals surface area contributed by atoms with Gasteiger partial charge in [0.15, 0.2) is 0 Å². The van der Waals surface area contributed by atoms with Crippen LogP contribution >= 0.6 is 23.0 Å². The molecular formula is C7H16INO2. The van der Waals surface area contributed by atoms with E-state index in [0.717, 1.165) is 35.3 Å². The molecule has 0 aromatic rings. The van der Waals surface area contributed by atoms with E-state index >= 15 is 0 Å². The van der Waals surface area contributed by atoms with E-state index in [1.165, 1.54) is 0 Å². The summed E-state index contributed by atoms with van der Waals surface area (Å²) >= 11 is 1.15. The molecule has 1 aliphatic heterocycles. The van der Waals surface area contributed by atoms with E-state index in [1.54, 1.807) is 0 Å². The van der Waals surface area contributed by atoms with E-state index in [1.807, 2.05) is 20.8 Å². The summed E-state index contributed by atoms with van der Waals surface area (Å²) in [6, 6.07) is 0. The van der Waals surface area contributed by atoms with Gasteiger partial charge in [0.2, 0.25) is 0 Å². The Labute approximate surface area is 82.5 Å². The molecule has 3 nitrogen and oxygen atoms in total. The molecule has 0 radical (unpaired) electrons. The molecule has 11 heavy (non-hydrogen) atoms. The summed E-state index contributed by atoms with van der Waals surface area (Å²) in [7, 11) is 0. The van der Waals surface area contributed by atoms with E-state index in [4.69, 9.17) is 8.27 Å². The number of nitrogens with zero attached hydrogens (tertiary/aromatic N) is 1. The SMILES string of the molecule is CC.CC1=NOCC1C.OI. The van der Waals surface area contributed by atoms with Gasteiger partial charge in [-0.15, -0.1) is 0 Å². The van der Waals surface area contributed by atoms with Gasteiger partial charge in [0.05, 0.1) is 5.71 Å². The number of oxime groups is 1. The Morgan fingerprint density at radius 3 is 2.09 bits per heavy atom. The van der Waals surface area contributed by atoms with Crippen molar-refractivity contribution in [3.8, 4) is 0 Å². The molecule has 1 N–H and O–H groups in total. The highest BCUT2D eigenvalue weighted by atomic mass is 127. The van der Waals surface area contributed by atoms with E-state index in [2.05, 4.69) is 12.1 Å². The number of rotatable bonds is 0. The molecule has 68 valence electrons. The van der Waals surface area contributed by atoms with Crippen LogP contribution in [-0.2, 0) is 4.84 Å². The van der Waals surface area contributed by atoms with Gasteiger partial charge in [0.1, 0.15) is 29.6 Å². The summed E-state index contributed by atoms with van der Waals surface area (Å²) < 4.78 is 6.97. The Morgan fingerprint density at radius 2 is 2.00 bits per heavy atom. The Kier molecular flexibility index (Phi) is 12.7. The zero-order valence-corrected chi connectivity index (χ0v) is 9.62. The van der Waals surface area contributed by atoms with Crippen LogP contribution in [0.2, 0.25) is 0 Å². The normalized spacial score (nSPS) is 19.8. The van der Waals surface area contributed by atoms with Crippen molar-refractivity contribution in [1.82, 2.24) is 0 Å². The largest absolute Gasteiger partial charge is 0.395 e. The van der Waals surface area contributed by atoms with Gasteiger partial charge in [-0.1, -0.05) is 25.9 Å².